The van der Waals surface area contributed by atoms with Crippen molar-refractivity contribution in [3.05, 3.63) is 88.5 Å². The summed E-state index contributed by atoms with van der Waals surface area (Å²) >= 11 is 0. The summed E-state index contributed by atoms with van der Waals surface area (Å²) in [4.78, 5) is 51.6. The van der Waals surface area contributed by atoms with Crippen LogP contribution in [0.25, 0.3) is 0 Å². The van der Waals surface area contributed by atoms with Crippen LogP contribution in [-0.4, -0.2) is 132 Å². The number of benzene rings is 5. The van der Waals surface area contributed by atoms with Crippen LogP contribution in [0.4, 0.5) is 0 Å². The van der Waals surface area contributed by atoms with E-state index in [4.69, 9.17) is 102 Å². The first kappa shape index (κ1) is 52.0. The first-order valence-electron chi connectivity index (χ1n) is 15.0. The van der Waals surface area contributed by atoms with Crippen molar-refractivity contribution in [2.45, 2.75) is 0 Å². The van der Waals surface area contributed by atoms with Crippen LogP contribution < -0.4 is 0 Å². The molecule has 0 aliphatic rings. The third-order valence-corrected chi connectivity index (χ3v) is 6.58. The second kappa shape index (κ2) is 22.1. The second-order valence-electron chi connectivity index (χ2n) is 10.8. The zero-order valence-electron chi connectivity index (χ0n) is 29.6. The van der Waals surface area contributed by atoms with Crippen LogP contribution >= 0.6 is 0 Å². The van der Waals surface area contributed by atoms with Gasteiger partial charge in [0.2, 0.25) is 0 Å². The molecule has 0 unspecified atom stereocenters. The summed E-state index contributed by atoms with van der Waals surface area (Å²) in [6.07, 6.45) is 0. The molecule has 0 aromatic heterocycles. The Kier molecular flexibility index (Phi) is 18.8. The summed E-state index contributed by atoms with van der Waals surface area (Å²) in [5.41, 5.74) is -1.45. The van der Waals surface area contributed by atoms with E-state index in [9.17, 15) is 24.0 Å². The molecule has 0 saturated heterocycles. The van der Waals surface area contributed by atoms with E-state index in [-0.39, 0.29) is 44.9 Å². The van der Waals surface area contributed by atoms with Crippen LogP contribution in [0, 0.1) is 0 Å². The van der Waals surface area contributed by atoms with Gasteiger partial charge in [-0.1, -0.05) is 0 Å². The minimum Gasteiger partial charge on any atom is -0.504 e. The van der Waals surface area contributed by atoms with E-state index >= 15 is 0 Å². The minimum atomic E-state index is -1.29. The van der Waals surface area contributed by atoms with Gasteiger partial charge in [-0.05, 0) is 60.7 Å². The van der Waals surface area contributed by atoms with Gasteiger partial charge in [0.15, 0.2) is 86.2 Å². The number of phenolic OH excluding ortho intramolecular Hbond substituents is 15. The molecule has 0 saturated carbocycles. The maximum Gasteiger partial charge on any atom is 0.335 e. The fourth-order valence-corrected chi connectivity index (χ4v) is 3.64. The Balaban J connectivity index is 0.000000735. The number of carbonyl (C=O) groups is 5. The largest absolute Gasteiger partial charge is 0.504 e. The topological polar surface area (TPSA) is 490 Å². The van der Waals surface area contributed by atoms with E-state index < -0.39 is 116 Å². The Bertz CT molecular complexity index is 1940. The molecule has 0 bridgehead atoms. The maximum atomic E-state index is 10.3. The monoisotopic (exact) mass is 906 g/mol. The number of hydrogen-bond acceptors (Lipinski definition) is 20. The zero-order valence-corrected chi connectivity index (χ0v) is 30.7. The predicted molar refractivity (Wildman–Crippen MR) is 192 cm³/mol. The van der Waals surface area contributed by atoms with Crippen LogP contribution in [0.2, 0.25) is 0 Å². The summed E-state index contributed by atoms with van der Waals surface area (Å²) in [6, 6.07) is 8.45. The summed E-state index contributed by atoms with van der Waals surface area (Å²) < 4.78 is 0. The first-order chi connectivity index (χ1) is 27.6. The molecule has 61 heavy (non-hydrogen) atoms. The maximum absolute atomic E-state index is 10.3. The molecule has 26 heteroatoms. The van der Waals surface area contributed by atoms with Gasteiger partial charge < -0.3 is 102 Å². The summed E-state index contributed by atoms with van der Waals surface area (Å²) in [7, 11) is 0. The Morgan fingerprint density at radius 2 is 0.311 bits per heavy atom. The molecule has 0 heterocycles. The first-order valence-corrected chi connectivity index (χ1v) is 15.0. The summed E-state index contributed by atoms with van der Waals surface area (Å²) in [5.74, 6) is -16.7. The average molecular weight is 906 g/mol. The van der Waals surface area contributed by atoms with Crippen molar-refractivity contribution >= 4 is 29.8 Å². The molecule has 0 fully saturated rings. The number of carboxylic acids is 5. The molecule has 25 nitrogen and oxygen atoms in total. The molecule has 0 amide bonds. The van der Waals surface area contributed by atoms with E-state index in [0.717, 1.165) is 60.7 Å². The molecule has 5 rings (SSSR count). The van der Waals surface area contributed by atoms with E-state index in [2.05, 4.69) is 0 Å². The summed E-state index contributed by atoms with van der Waals surface area (Å²) in [6.45, 7) is 0. The quantitative estimate of drug-likeness (QED) is 0.0889. The molecule has 0 atom stereocenters. The predicted octanol–water partition coefficient (Wildman–Crippen LogP) is 2.51. The average Bonchev–Trinajstić information content (AvgIpc) is 3.15. The molecule has 0 aliphatic heterocycles. The molecule has 328 valence electrons. The Morgan fingerprint density at radius 1 is 0.230 bits per heavy atom. The van der Waals surface area contributed by atoms with E-state index in [0.29, 0.717) is 0 Å². The molecule has 5 aromatic carbocycles. The van der Waals surface area contributed by atoms with E-state index in [1.165, 1.54) is 0 Å². The van der Waals surface area contributed by atoms with Gasteiger partial charge in [-0.25, -0.2) is 24.0 Å². The molecule has 0 aliphatic carbocycles. The molecule has 5 aromatic rings. The van der Waals surface area contributed by atoms with Crippen LogP contribution in [-0.2, 0) is 17.1 Å². The fraction of sp³-hybridized carbons (Fsp3) is 0. The van der Waals surface area contributed by atoms with Gasteiger partial charge in [-0.15, -0.1) is 0 Å². The van der Waals surface area contributed by atoms with Crippen LogP contribution in [0.5, 0.6) is 86.2 Å². The van der Waals surface area contributed by atoms with Crippen molar-refractivity contribution in [3.63, 3.8) is 0 Å². The standard InChI is InChI=1S/5C7H6O5.Fe/c5*8-4-1-3(7(11)12)2-5(9)6(4)10;/h5*1-2,8-10H,(H,11,12);. The molecular weight excluding hydrogens is 876 g/mol. The summed E-state index contributed by atoms with van der Waals surface area (Å²) in [5, 5.41) is 175. The fourth-order valence-electron chi connectivity index (χ4n) is 3.64. The van der Waals surface area contributed by atoms with E-state index in [1.54, 1.807) is 0 Å². The molecule has 0 spiro atoms. The van der Waals surface area contributed by atoms with Crippen molar-refractivity contribution < 1.29 is 143 Å². The third kappa shape index (κ3) is 14.8. The van der Waals surface area contributed by atoms with Gasteiger partial charge in [0.05, 0.1) is 27.8 Å². The molecule has 20 N–H and O–H groups in total. The van der Waals surface area contributed by atoms with Gasteiger partial charge >= 0.3 is 29.8 Å². The smallest absolute Gasteiger partial charge is 0.335 e. The minimum absolute atomic E-state index is 0. The van der Waals surface area contributed by atoms with Gasteiger partial charge in [-0.3, -0.25) is 0 Å². The third-order valence-electron chi connectivity index (χ3n) is 6.58. The number of hydrogen-bond donors (Lipinski definition) is 20. The number of rotatable bonds is 5. The van der Waals surface area contributed by atoms with E-state index in [1.807, 2.05) is 0 Å². The SMILES string of the molecule is O=C(O)c1cc(O)c(O)c(O)c1.O=C(O)c1cc(O)c(O)c(O)c1.O=C(O)c1cc(O)c(O)c(O)c1.O=C(O)c1cc(O)c(O)c(O)c1.O=C(O)c1cc(O)c(O)c(O)c1.[Fe]. The molecular formula is C35H30FeO25. The Hall–Kier alpha value is -9.03. The number of aromatic hydroxyl groups is 15. The van der Waals surface area contributed by atoms with Crippen LogP contribution in [0.3, 0.4) is 0 Å². The van der Waals surface area contributed by atoms with Crippen molar-refractivity contribution in [1.29, 1.82) is 0 Å². The zero-order chi connectivity index (χ0) is 46.5. The van der Waals surface area contributed by atoms with Crippen LogP contribution in [0.15, 0.2) is 60.7 Å². The van der Waals surface area contributed by atoms with Gasteiger partial charge in [-0.2, -0.15) is 0 Å². The molecule has 0 radical (unpaired) electrons. The number of carboxylic acid groups (broad SMARTS) is 5. The normalized spacial score (nSPS) is 9.51. The van der Waals surface area contributed by atoms with Crippen molar-refractivity contribution in [2.75, 3.05) is 0 Å². The number of aromatic carboxylic acids is 5. The number of phenols is 15. The van der Waals surface area contributed by atoms with Crippen molar-refractivity contribution in [3.8, 4) is 86.2 Å². The van der Waals surface area contributed by atoms with Crippen LogP contribution in [0.1, 0.15) is 51.8 Å². The van der Waals surface area contributed by atoms with Crippen molar-refractivity contribution in [2.24, 2.45) is 0 Å². The van der Waals surface area contributed by atoms with Crippen molar-refractivity contribution in [1.82, 2.24) is 0 Å². The van der Waals surface area contributed by atoms with Gasteiger partial charge in [0.1, 0.15) is 0 Å². The van der Waals surface area contributed by atoms with Gasteiger partial charge in [0, 0.05) is 17.1 Å². The Morgan fingerprint density at radius 3 is 0.377 bits per heavy atom. The van der Waals surface area contributed by atoms with Gasteiger partial charge in [0.25, 0.3) is 0 Å². The second-order valence-corrected chi connectivity index (χ2v) is 10.8. The Labute approximate surface area is 347 Å².